The number of nitrogens with one attached hydrogen (secondary N) is 1. The van der Waals surface area contributed by atoms with Crippen LogP contribution in [0.2, 0.25) is 10.0 Å². The summed E-state index contributed by atoms with van der Waals surface area (Å²) in [6.07, 6.45) is 0. The van der Waals surface area contributed by atoms with Crippen LogP contribution in [-0.2, 0) is 9.59 Å². The van der Waals surface area contributed by atoms with Crippen molar-refractivity contribution in [2.75, 3.05) is 31.7 Å². The molecule has 0 spiro atoms. The van der Waals surface area contributed by atoms with Crippen LogP contribution in [0.5, 0.6) is 23.0 Å². The van der Waals surface area contributed by atoms with Gasteiger partial charge in [-0.2, -0.15) is 10.2 Å². The van der Waals surface area contributed by atoms with Crippen molar-refractivity contribution in [2.24, 2.45) is 10.2 Å². The first-order valence-corrected chi connectivity index (χ1v) is 11.9. The number of halogens is 2. The van der Waals surface area contributed by atoms with Gasteiger partial charge in [0.15, 0.2) is 28.8 Å². The van der Waals surface area contributed by atoms with Gasteiger partial charge in [-0.05, 0) is 46.8 Å². The first-order valence-electron chi connectivity index (χ1n) is 11.2. The highest BCUT2D eigenvalue weighted by Gasteiger charge is 2.25. The number of ether oxygens (including phenoxy) is 4. The Kier molecular flexibility index (Phi) is 11.1. The van der Waals surface area contributed by atoms with Crippen LogP contribution < -0.4 is 24.3 Å². The van der Waals surface area contributed by atoms with Crippen molar-refractivity contribution in [3.8, 4) is 23.0 Å². The van der Waals surface area contributed by atoms with Gasteiger partial charge >= 0.3 is 0 Å². The van der Waals surface area contributed by atoms with Crippen LogP contribution in [0.25, 0.3) is 0 Å². The lowest BCUT2D eigenvalue weighted by Crippen LogP contribution is -2.32. The molecule has 0 aliphatic carbocycles. The molecule has 1 unspecified atom stereocenters. The zero-order valence-corrected chi connectivity index (χ0v) is 21.8. The van der Waals surface area contributed by atoms with Gasteiger partial charge in [-0.25, -0.2) is 0 Å². The van der Waals surface area contributed by atoms with Gasteiger partial charge in [0.1, 0.15) is 10.7 Å². The second-order valence-corrected chi connectivity index (χ2v) is 7.74. The van der Waals surface area contributed by atoms with Gasteiger partial charge in [0.25, 0.3) is 5.91 Å². The minimum absolute atomic E-state index is 0.140. The van der Waals surface area contributed by atoms with E-state index in [4.69, 9.17) is 42.1 Å². The molecule has 35 heavy (non-hydrogen) atoms. The summed E-state index contributed by atoms with van der Waals surface area (Å²) >= 11 is 12.7. The van der Waals surface area contributed by atoms with Crippen molar-refractivity contribution in [1.29, 1.82) is 0 Å². The fourth-order valence-corrected chi connectivity index (χ4v) is 3.41. The quantitative estimate of drug-likeness (QED) is 0.244. The monoisotopic (exact) mass is 525 g/mol. The number of carbonyl (C=O) groups is 2. The van der Waals surface area contributed by atoms with Gasteiger partial charge in [0.05, 0.1) is 37.1 Å². The molecule has 9 nitrogen and oxygen atoms in total. The van der Waals surface area contributed by atoms with E-state index in [0.717, 1.165) is 0 Å². The molecule has 2 aromatic carbocycles. The maximum atomic E-state index is 12.9. The minimum atomic E-state index is -1.44. The van der Waals surface area contributed by atoms with Crippen LogP contribution in [0, 0.1) is 0 Å². The van der Waals surface area contributed by atoms with E-state index >= 15 is 0 Å². The Morgan fingerprint density at radius 2 is 1.46 bits per heavy atom. The lowest BCUT2D eigenvalue weighted by Gasteiger charge is -2.16. The third-order valence-corrected chi connectivity index (χ3v) is 5.11. The van der Waals surface area contributed by atoms with E-state index in [1.165, 1.54) is 13.0 Å². The molecule has 0 saturated heterocycles. The lowest BCUT2D eigenvalue weighted by atomic mass is 10.2. The molecule has 1 N–H and O–H groups in total. The predicted molar refractivity (Wildman–Crippen MR) is 135 cm³/mol. The molecule has 190 valence electrons. The highest BCUT2D eigenvalue weighted by molar-refractivity contribution is 6.35. The number of rotatable bonds is 13. The first kappa shape index (κ1) is 28.2. The second kappa shape index (κ2) is 13.7. The van der Waals surface area contributed by atoms with Crippen LogP contribution in [-0.4, -0.2) is 44.2 Å². The average Bonchev–Trinajstić information content (AvgIpc) is 2.81. The van der Waals surface area contributed by atoms with Crippen molar-refractivity contribution in [3.63, 3.8) is 0 Å². The van der Waals surface area contributed by atoms with E-state index in [1.807, 2.05) is 20.8 Å². The Labute approximate surface area is 214 Å². The minimum Gasteiger partial charge on any atom is -0.490 e. The molecule has 1 atom stereocenters. The summed E-state index contributed by atoms with van der Waals surface area (Å²) in [7, 11) is 0. The molecular weight excluding hydrogens is 497 g/mol. The maximum Gasteiger partial charge on any atom is 0.258 e. The highest BCUT2D eigenvalue weighted by atomic mass is 35.5. The highest BCUT2D eigenvalue weighted by Crippen LogP contribution is 2.41. The van der Waals surface area contributed by atoms with Crippen molar-refractivity contribution in [2.45, 2.75) is 40.7 Å². The molecule has 0 heterocycles. The molecule has 0 fully saturated rings. The van der Waals surface area contributed by atoms with Crippen LogP contribution in [0.15, 0.2) is 34.5 Å². The zero-order valence-electron chi connectivity index (χ0n) is 20.3. The van der Waals surface area contributed by atoms with Gasteiger partial charge in [-0.1, -0.05) is 23.2 Å². The van der Waals surface area contributed by atoms with Crippen LogP contribution in [0.3, 0.4) is 0 Å². The molecule has 0 aliphatic heterocycles. The second-order valence-electron chi connectivity index (χ2n) is 6.95. The molecule has 11 heteroatoms. The number of anilines is 1. The Morgan fingerprint density at radius 1 is 0.886 bits per heavy atom. The summed E-state index contributed by atoms with van der Waals surface area (Å²) in [5, 5.41) is 11.0. The molecule has 2 aromatic rings. The van der Waals surface area contributed by atoms with E-state index in [-0.39, 0.29) is 21.4 Å². The van der Waals surface area contributed by atoms with Crippen molar-refractivity contribution in [1.82, 2.24) is 0 Å². The fraction of sp³-hybridized carbons (Fsp3) is 0.417. The third-order valence-electron chi connectivity index (χ3n) is 4.43. The molecule has 0 aromatic heterocycles. The van der Waals surface area contributed by atoms with Crippen LogP contribution >= 0.6 is 23.2 Å². The molecule has 0 aliphatic rings. The summed E-state index contributed by atoms with van der Waals surface area (Å²) < 4.78 is 22.2. The molecule has 2 rings (SSSR count). The third kappa shape index (κ3) is 7.47. The fourth-order valence-electron chi connectivity index (χ4n) is 2.96. The van der Waals surface area contributed by atoms with E-state index in [1.54, 1.807) is 25.1 Å². The molecule has 0 bridgehead atoms. The van der Waals surface area contributed by atoms with E-state index in [2.05, 4.69) is 15.5 Å². The van der Waals surface area contributed by atoms with Crippen LogP contribution in [0.1, 0.15) is 34.6 Å². The number of nitrogens with zero attached hydrogens (tertiary/aromatic N) is 2. The molecular formula is C24H29Cl2N3O6. The SMILES string of the molecule is CCOc1cc(Cl)c(N=NC(C(C)=O)C(=O)Nc2ccc(OCC)c(OCC)c2Cl)cc1OCC. The Morgan fingerprint density at radius 3 is 2.03 bits per heavy atom. The van der Waals surface area contributed by atoms with Gasteiger partial charge in [-0.3, -0.25) is 9.59 Å². The van der Waals surface area contributed by atoms with Gasteiger partial charge < -0.3 is 24.3 Å². The number of hydrogen-bond donors (Lipinski definition) is 1. The van der Waals surface area contributed by atoms with Crippen LogP contribution in [0.4, 0.5) is 11.4 Å². The number of azo groups is 1. The summed E-state index contributed by atoms with van der Waals surface area (Å²) in [6.45, 7) is 10.1. The topological polar surface area (TPSA) is 108 Å². The maximum absolute atomic E-state index is 12.9. The largest absolute Gasteiger partial charge is 0.490 e. The summed E-state index contributed by atoms with van der Waals surface area (Å²) in [5.74, 6) is 0.359. The summed E-state index contributed by atoms with van der Waals surface area (Å²) in [4.78, 5) is 25.1. The normalized spacial score (nSPS) is 11.7. The van der Waals surface area contributed by atoms with Gasteiger partial charge in [0.2, 0.25) is 6.04 Å². The number of hydrogen-bond acceptors (Lipinski definition) is 8. The van der Waals surface area contributed by atoms with Crippen molar-refractivity contribution in [3.05, 3.63) is 34.3 Å². The van der Waals surface area contributed by atoms with Crippen molar-refractivity contribution < 1.29 is 28.5 Å². The number of carbonyl (C=O) groups excluding carboxylic acids is 2. The predicted octanol–water partition coefficient (Wildman–Crippen LogP) is 6.27. The number of Topliss-reactive ketones (excluding diaryl/α,β-unsaturated/α-hetero) is 1. The Hall–Kier alpha value is -3.04. The Balaban J connectivity index is 2.32. The first-order chi connectivity index (χ1) is 16.8. The van der Waals surface area contributed by atoms with Gasteiger partial charge in [0, 0.05) is 12.1 Å². The number of ketones is 1. The Bertz CT molecular complexity index is 1080. The van der Waals surface area contributed by atoms with Gasteiger partial charge in [-0.15, -0.1) is 0 Å². The van der Waals surface area contributed by atoms with E-state index in [0.29, 0.717) is 49.4 Å². The average molecular weight is 526 g/mol. The summed E-state index contributed by atoms with van der Waals surface area (Å²) in [5.41, 5.74) is 0.457. The lowest BCUT2D eigenvalue weighted by molar-refractivity contribution is -0.126. The molecule has 0 radical (unpaired) electrons. The zero-order chi connectivity index (χ0) is 26.0. The molecule has 1 amide bonds. The molecule has 0 saturated carbocycles. The van der Waals surface area contributed by atoms with E-state index in [9.17, 15) is 9.59 Å². The number of benzene rings is 2. The smallest absolute Gasteiger partial charge is 0.258 e. The van der Waals surface area contributed by atoms with E-state index < -0.39 is 17.7 Å². The number of amides is 1. The standard InChI is InChI=1S/C24H29Cl2N3O6/c1-6-32-18-11-10-16(21(26)23(18)35-9-4)27-24(31)22(14(5)30)29-28-17-13-20(34-8-3)19(33-7-2)12-15(17)25/h10-13,22H,6-9H2,1-5H3,(H,27,31). The van der Waals surface area contributed by atoms with Crippen molar-refractivity contribution >= 4 is 46.3 Å². The summed E-state index contributed by atoms with van der Waals surface area (Å²) in [6, 6.07) is 4.82.